The minimum Gasteiger partial charge on any atom is -0.497 e. The molecule has 0 saturated heterocycles. The first kappa shape index (κ1) is 15.4. The molecule has 0 spiro atoms. The van der Waals surface area contributed by atoms with Crippen LogP contribution in [0.15, 0.2) is 24.4 Å². The van der Waals surface area contributed by atoms with Crippen LogP contribution in [0.25, 0.3) is 0 Å². The fourth-order valence-corrected chi connectivity index (χ4v) is 3.01. The van der Waals surface area contributed by atoms with E-state index in [-0.39, 0.29) is 17.9 Å². The first-order valence-electron chi connectivity index (χ1n) is 7.64. The van der Waals surface area contributed by atoms with Crippen LogP contribution in [0.2, 0.25) is 0 Å². The molecular weight excluding hydrogens is 294 g/mol. The van der Waals surface area contributed by atoms with Crippen LogP contribution in [0.1, 0.15) is 43.4 Å². The van der Waals surface area contributed by atoms with E-state index in [1.165, 1.54) is 0 Å². The maximum Gasteiger partial charge on any atom is 0.226 e. The number of amides is 1. The summed E-state index contributed by atoms with van der Waals surface area (Å²) < 4.78 is 12.6. The number of benzene rings is 1. The molecular formula is C17H21N3O3. The molecule has 1 N–H and O–H groups in total. The predicted molar refractivity (Wildman–Crippen MR) is 87.2 cm³/mol. The Bertz CT molecular complexity index is 737. The third-order valence-electron chi connectivity index (χ3n) is 4.15. The highest BCUT2D eigenvalue weighted by molar-refractivity contribution is 5.94. The van der Waals surface area contributed by atoms with Gasteiger partial charge in [0.05, 0.1) is 20.4 Å². The number of carbonyl (C=O) groups is 1. The second-order valence-corrected chi connectivity index (χ2v) is 5.90. The number of hydrogen-bond acceptors (Lipinski definition) is 4. The monoisotopic (exact) mass is 315 g/mol. The SMILES string of the molecule is COc1ccc([C@H]2CC(=O)Nc3c2cnn3C(C)C)c(OC)c1. The lowest BCUT2D eigenvalue weighted by atomic mass is 9.86. The number of rotatable bonds is 4. The Hall–Kier alpha value is -2.50. The van der Waals surface area contributed by atoms with Gasteiger partial charge in [-0.2, -0.15) is 5.10 Å². The van der Waals surface area contributed by atoms with Gasteiger partial charge in [0.1, 0.15) is 17.3 Å². The van der Waals surface area contributed by atoms with Crippen LogP contribution < -0.4 is 14.8 Å². The Morgan fingerprint density at radius 1 is 1.26 bits per heavy atom. The van der Waals surface area contributed by atoms with Crippen molar-refractivity contribution < 1.29 is 14.3 Å². The van der Waals surface area contributed by atoms with Crippen molar-refractivity contribution in [3.8, 4) is 11.5 Å². The number of anilines is 1. The summed E-state index contributed by atoms with van der Waals surface area (Å²) in [6.07, 6.45) is 2.21. The number of nitrogens with one attached hydrogen (secondary N) is 1. The van der Waals surface area contributed by atoms with E-state index in [2.05, 4.69) is 10.4 Å². The summed E-state index contributed by atoms with van der Waals surface area (Å²) in [7, 11) is 3.24. The van der Waals surface area contributed by atoms with Gasteiger partial charge < -0.3 is 14.8 Å². The molecule has 1 aromatic heterocycles. The molecule has 0 saturated carbocycles. The lowest BCUT2D eigenvalue weighted by Gasteiger charge is -2.26. The molecule has 1 amide bonds. The standard InChI is InChI=1S/C17H21N3O3/c1-10(2)20-17-14(9-18-20)13(8-16(21)19-17)12-6-5-11(22-3)7-15(12)23-4/h5-7,9-10,13H,8H2,1-4H3,(H,19,21)/t13-/m1/s1. The van der Waals surface area contributed by atoms with Crippen molar-refractivity contribution >= 4 is 11.7 Å². The van der Waals surface area contributed by atoms with Crippen molar-refractivity contribution in [3.05, 3.63) is 35.5 Å². The van der Waals surface area contributed by atoms with Gasteiger partial charge in [-0.25, -0.2) is 4.68 Å². The van der Waals surface area contributed by atoms with Crippen LogP contribution in [0.4, 0.5) is 5.82 Å². The molecule has 1 aliphatic rings. The molecule has 2 heterocycles. The molecule has 6 nitrogen and oxygen atoms in total. The number of aromatic nitrogens is 2. The Labute approximate surface area is 135 Å². The first-order chi connectivity index (χ1) is 11.0. The molecule has 1 aromatic carbocycles. The average molecular weight is 315 g/mol. The number of ether oxygens (including phenoxy) is 2. The lowest BCUT2D eigenvalue weighted by molar-refractivity contribution is -0.116. The largest absolute Gasteiger partial charge is 0.497 e. The van der Waals surface area contributed by atoms with Crippen LogP contribution in [0.5, 0.6) is 11.5 Å². The number of methoxy groups -OCH3 is 2. The highest BCUT2D eigenvalue weighted by Gasteiger charge is 2.32. The summed E-state index contributed by atoms with van der Waals surface area (Å²) in [6.45, 7) is 4.08. The summed E-state index contributed by atoms with van der Waals surface area (Å²) in [4.78, 5) is 12.2. The van der Waals surface area contributed by atoms with Gasteiger partial charge in [-0.1, -0.05) is 6.07 Å². The van der Waals surface area contributed by atoms with Crippen LogP contribution >= 0.6 is 0 Å². The molecule has 0 aliphatic carbocycles. The molecule has 0 radical (unpaired) electrons. The van der Waals surface area contributed by atoms with Gasteiger partial charge >= 0.3 is 0 Å². The Morgan fingerprint density at radius 3 is 2.70 bits per heavy atom. The number of hydrogen-bond donors (Lipinski definition) is 1. The maximum atomic E-state index is 12.2. The topological polar surface area (TPSA) is 65.4 Å². The van der Waals surface area contributed by atoms with Gasteiger partial charge in [-0.15, -0.1) is 0 Å². The fraction of sp³-hybridized carbons (Fsp3) is 0.412. The van der Waals surface area contributed by atoms with E-state index in [0.29, 0.717) is 12.2 Å². The van der Waals surface area contributed by atoms with E-state index in [1.807, 2.05) is 42.9 Å². The zero-order chi connectivity index (χ0) is 16.6. The third-order valence-corrected chi connectivity index (χ3v) is 4.15. The van der Waals surface area contributed by atoms with Gasteiger partial charge in [0.2, 0.25) is 5.91 Å². The Kier molecular flexibility index (Phi) is 3.98. The smallest absolute Gasteiger partial charge is 0.226 e. The van der Waals surface area contributed by atoms with E-state index in [0.717, 1.165) is 22.7 Å². The van der Waals surface area contributed by atoms with Crippen LogP contribution in [0, 0.1) is 0 Å². The number of nitrogens with zero attached hydrogens (tertiary/aromatic N) is 2. The second kappa shape index (κ2) is 5.95. The minimum atomic E-state index is -0.0768. The van der Waals surface area contributed by atoms with Gasteiger partial charge in [0, 0.05) is 35.6 Å². The van der Waals surface area contributed by atoms with E-state index in [1.54, 1.807) is 14.2 Å². The van der Waals surface area contributed by atoms with Crippen molar-refractivity contribution in [2.24, 2.45) is 0 Å². The van der Waals surface area contributed by atoms with Crippen molar-refractivity contribution in [1.29, 1.82) is 0 Å². The van der Waals surface area contributed by atoms with Gasteiger partial charge in [-0.05, 0) is 19.9 Å². The van der Waals surface area contributed by atoms with E-state index in [9.17, 15) is 4.79 Å². The van der Waals surface area contributed by atoms with Crippen LogP contribution in [-0.4, -0.2) is 29.9 Å². The van der Waals surface area contributed by atoms with E-state index in [4.69, 9.17) is 9.47 Å². The quantitative estimate of drug-likeness (QED) is 0.942. The fourth-order valence-electron chi connectivity index (χ4n) is 3.01. The van der Waals surface area contributed by atoms with E-state index >= 15 is 0 Å². The van der Waals surface area contributed by atoms with Crippen molar-refractivity contribution in [3.63, 3.8) is 0 Å². The van der Waals surface area contributed by atoms with Crippen LogP contribution in [-0.2, 0) is 4.79 Å². The summed E-state index contributed by atoms with van der Waals surface area (Å²) >= 11 is 0. The molecule has 23 heavy (non-hydrogen) atoms. The zero-order valence-electron chi connectivity index (χ0n) is 13.8. The highest BCUT2D eigenvalue weighted by atomic mass is 16.5. The Balaban J connectivity index is 2.10. The third kappa shape index (κ3) is 2.65. The van der Waals surface area contributed by atoms with Gasteiger partial charge in [0.15, 0.2) is 0 Å². The zero-order valence-corrected chi connectivity index (χ0v) is 13.8. The molecule has 0 unspecified atom stereocenters. The first-order valence-corrected chi connectivity index (χ1v) is 7.64. The summed E-state index contributed by atoms with van der Waals surface area (Å²) in [6, 6.07) is 5.86. The lowest BCUT2D eigenvalue weighted by Crippen LogP contribution is -2.25. The van der Waals surface area contributed by atoms with E-state index < -0.39 is 0 Å². The summed E-state index contributed by atoms with van der Waals surface area (Å²) in [5.41, 5.74) is 1.98. The summed E-state index contributed by atoms with van der Waals surface area (Å²) in [5, 5.41) is 7.38. The Morgan fingerprint density at radius 2 is 2.04 bits per heavy atom. The molecule has 2 aromatic rings. The van der Waals surface area contributed by atoms with Gasteiger partial charge in [0.25, 0.3) is 0 Å². The van der Waals surface area contributed by atoms with Crippen LogP contribution in [0.3, 0.4) is 0 Å². The molecule has 6 heteroatoms. The molecule has 1 aliphatic heterocycles. The van der Waals surface area contributed by atoms with Crippen molar-refractivity contribution in [2.75, 3.05) is 19.5 Å². The van der Waals surface area contributed by atoms with Crippen molar-refractivity contribution in [1.82, 2.24) is 9.78 Å². The predicted octanol–water partition coefficient (Wildman–Crippen LogP) is 2.96. The molecule has 3 rings (SSSR count). The highest BCUT2D eigenvalue weighted by Crippen LogP contribution is 2.42. The molecule has 1 atom stereocenters. The second-order valence-electron chi connectivity index (χ2n) is 5.90. The number of carbonyl (C=O) groups excluding carboxylic acids is 1. The van der Waals surface area contributed by atoms with Gasteiger partial charge in [-0.3, -0.25) is 4.79 Å². The average Bonchev–Trinajstić information content (AvgIpc) is 2.97. The normalized spacial score (nSPS) is 16.9. The number of fused-ring (bicyclic) bond motifs is 1. The minimum absolute atomic E-state index is 0.0113. The molecule has 0 bridgehead atoms. The summed E-state index contributed by atoms with van der Waals surface area (Å²) in [5.74, 6) is 2.13. The molecule has 0 fully saturated rings. The van der Waals surface area contributed by atoms with Crippen molar-refractivity contribution in [2.45, 2.75) is 32.2 Å². The maximum absolute atomic E-state index is 12.2. The molecule has 122 valence electrons.